The molecule has 3 aromatic rings. The molecule has 29 heavy (non-hydrogen) atoms. The summed E-state index contributed by atoms with van der Waals surface area (Å²) in [6.45, 7) is 6.38. The number of methoxy groups -OCH3 is 1. The van der Waals surface area contributed by atoms with Crippen molar-refractivity contribution in [3.63, 3.8) is 0 Å². The number of rotatable bonds is 6. The lowest BCUT2D eigenvalue weighted by molar-refractivity contribution is -0.116. The van der Waals surface area contributed by atoms with E-state index in [1.807, 2.05) is 30.3 Å². The molecule has 0 spiro atoms. The topological polar surface area (TPSA) is 64.4 Å². The SMILES string of the molecule is COc1ccc(C(C)(C)C)cc1NC(=O)CCc1ncc(-c2ccc(Cl)cc2)o1. The number of hydrogen-bond acceptors (Lipinski definition) is 4. The number of amides is 1. The number of anilines is 1. The van der Waals surface area contributed by atoms with Crippen molar-refractivity contribution in [2.75, 3.05) is 12.4 Å². The van der Waals surface area contributed by atoms with Gasteiger partial charge in [0.1, 0.15) is 5.75 Å². The van der Waals surface area contributed by atoms with Gasteiger partial charge in [-0.25, -0.2) is 4.98 Å². The van der Waals surface area contributed by atoms with Crippen LogP contribution in [0, 0.1) is 0 Å². The molecule has 0 saturated heterocycles. The quantitative estimate of drug-likeness (QED) is 0.549. The van der Waals surface area contributed by atoms with Gasteiger partial charge in [0.25, 0.3) is 0 Å². The average molecular weight is 413 g/mol. The van der Waals surface area contributed by atoms with Crippen molar-refractivity contribution in [3.8, 4) is 17.1 Å². The summed E-state index contributed by atoms with van der Waals surface area (Å²) in [5.41, 5.74) is 2.65. The number of oxazole rings is 1. The largest absolute Gasteiger partial charge is 0.495 e. The first-order valence-electron chi connectivity index (χ1n) is 9.45. The Morgan fingerprint density at radius 2 is 1.90 bits per heavy atom. The molecular weight excluding hydrogens is 388 g/mol. The van der Waals surface area contributed by atoms with Gasteiger partial charge in [0.2, 0.25) is 5.91 Å². The second-order valence-corrected chi connectivity index (χ2v) is 8.27. The van der Waals surface area contributed by atoms with Crippen LogP contribution in [0.1, 0.15) is 38.6 Å². The number of nitrogens with zero attached hydrogens (tertiary/aromatic N) is 1. The van der Waals surface area contributed by atoms with Gasteiger partial charge >= 0.3 is 0 Å². The maximum absolute atomic E-state index is 12.5. The van der Waals surface area contributed by atoms with E-state index in [1.165, 1.54) is 0 Å². The number of benzene rings is 2. The molecule has 1 N–H and O–H groups in total. The summed E-state index contributed by atoms with van der Waals surface area (Å²) in [4.78, 5) is 16.7. The molecule has 0 fully saturated rings. The van der Waals surface area contributed by atoms with E-state index >= 15 is 0 Å². The fraction of sp³-hybridized carbons (Fsp3) is 0.304. The molecule has 1 amide bonds. The number of aryl methyl sites for hydroxylation is 1. The first kappa shape index (κ1) is 20.9. The van der Waals surface area contributed by atoms with E-state index < -0.39 is 0 Å². The van der Waals surface area contributed by atoms with Gasteiger partial charge in [0.15, 0.2) is 11.7 Å². The van der Waals surface area contributed by atoms with E-state index in [4.69, 9.17) is 20.8 Å². The fourth-order valence-corrected chi connectivity index (χ4v) is 3.00. The molecule has 2 aromatic carbocycles. The summed E-state index contributed by atoms with van der Waals surface area (Å²) in [7, 11) is 1.59. The number of aromatic nitrogens is 1. The van der Waals surface area contributed by atoms with E-state index in [2.05, 4.69) is 31.1 Å². The molecule has 0 unspecified atom stereocenters. The molecular formula is C23H25ClN2O3. The van der Waals surface area contributed by atoms with E-state index in [1.54, 1.807) is 25.4 Å². The fourth-order valence-electron chi connectivity index (χ4n) is 2.88. The van der Waals surface area contributed by atoms with E-state index in [9.17, 15) is 4.79 Å². The molecule has 1 aromatic heterocycles. The Kier molecular flexibility index (Phi) is 6.28. The molecule has 0 aliphatic rings. The molecule has 5 nitrogen and oxygen atoms in total. The summed E-state index contributed by atoms with van der Waals surface area (Å²) in [6, 6.07) is 13.2. The summed E-state index contributed by atoms with van der Waals surface area (Å²) in [5, 5.41) is 3.60. The highest BCUT2D eigenvalue weighted by molar-refractivity contribution is 6.30. The molecule has 152 valence electrons. The Balaban J connectivity index is 1.64. The van der Waals surface area contributed by atoms with Crippen LogP contribution in [0.15, 0.2) is 53.1 Å². The number of ether oxygens (including phenoxy) is 1. The number of nitrogens with one attached hydrogen (secondary N) is 1. The van der Waals surface area contributed by atoms with E-state index in [0.717, 1.165) is 11.1 Å². The van der Waals surface area contributed by atoms with Gasteiger partial charge in [-0.05, 0) is 47.4 Å². The Morgan fingerprint density at radius 3 is 2.55 bits per heavy atom. The summed E-state index contributed by atoms with van der Waals surface area (Å²) >= 11 is 5.91. The zero-order valence-electron chi connectivity index (χ0n) is 17.1. The standard InChI is InChI=1S/C23H25ClN2O3/c1-23(2,3)16-7-10-19(28-4)18(13-16)26-21(27)11-12-22-25-14-20(29-22)15-5-8-17(24)9-6-15/h5-10,13-14H,11-12H2,1-4H3,(H,26,27). The highest BCUT2D eigenvalue weighted by atomic mass is 35.5. The second kappa shape index (κ2) is 8.70. The lowest BCUT2D eigenvalue weighted by Gasteiger charge is -2.21. The van der Waals surface area contributed by atoms with Crippen LogP contribution >= 0.6 is 11.6 Å². The molecule has 6 heteroatoms. The minimum atomic E-state index is -0.124. The van der Waals surface area contributed by atoms with Crippen molar-refractivity contribution in [1.29, 1.82) is 0 Å². The molecule has 0 saturated carbocycles. The van der Waals surface area contributed by atoms with Crippen molar-refractivity contribution >= 4 is 23.2 Å². The van der Waals surface area contributed by atoms with Crippen molar-refractivity contribution in [2.45, 2.75) is 39.0 Å². The smallest absolute Gasteiger partial charge is 0.224 e. The summed E-state index contributed by atoms with van der Waals surface area (Å²) < 4.78 is 11.1. The number of halogens is 1. The van der Waals surface area contributed by atoms with Gasteiger partial charge in [-0.3, -0.25) is 4.79 Å². The number of hydrogen-bond donors (Lipinski definition) is 1. The first-order valence-corrected chi connectivity index (χ1v) is 9.83. The third-order valence-electron chi connectivity index (χ3n) is 4.59. The monoisotopic (exact) mass is 412 g/mol. The zero-order valence-corrected chi connectivity index (χ0v) is 17.8. The Hall–Kier alpha value is -2.79. The van der Waals surface area contributed by atoms with Crippen LogP contribution in [0.4, 0.5) is 5.69 Å². The Labute approximate surface area is 176 Å². The van der Waals surface area contributed by atoms with Crippen LogP contribution in [-0.4, -0.2) is 18.0 Å². The van der Waals surface area contributed by atoms with Crippen LogP contribution < -0.4 is 10.1 Å². The third kappa shape index (κ3) is 5.39. The Bertz CT molecular complexity index is 988. The molecule has 0 bridgehead atoms. The lowest BCUT2D eigenvalue weighted by atomic mass is 9.87. The van der Waals surface area contributed by atoms with Gasteiger partial charge < -0.3 is 14.5 Å². The van der Waals surface area contributed by atoms with Crippen LogP contribution in [0.5, 0.6) is 5.75 Å². The Morgan fingerprint density at radius 1 is 1.17 bits per heavy atom. The minimum absolute atomic E-state index is 0.0259. The van der Waals surface area contributed by atoms with Crippen LogP contribution in [-0.2, 0) is 16.6 Å². The maximum Gasteiger partial charge on any atom is 0.224 e. The normalized spacial score (nSPS) is 11.3. The van der Waals surface area contributed by atoms with Crippen molar-refractivity contribution in [2.24, 2.45) is 0 Å². The number of carbonyl (C=O) groups excluding carboxylic acids is 1. The van der Waals surface area contributed by atoms with Crippen LogP contribution in [0.2, 0.25) is 5.02 Å². The van der Waals surface area contributed by atoms with Crippen molar-refractivity contribution < 1.29 is 13.9 Å². The van der Waals surface area contributed by atoms with Gasteiger partial charge in [0.05, 0.1) is 19.0 Å². The minimum Gasteiger partial charge on any atom is -0.495 e. The van der Waals surface area contributed by atoms with Gasteiger partial charge in [0, 0.05) is 23.4 Å². The predicted molar refractivity (Wildman–Crippen MR) is 116 cm³/mol. The van der Waals surface area contributed by atoms with Gasteiger partial charge in [-0.15, -0.1) is 0 Å². The maximum atomic E-state index is 12.5. The van der Waals surface area contributed by atoms with Crippen LogP contribution in [0.3, 0.4) is 0 Å². The van der Waals surface area contributed by atoms with Crippen molar-refractivity contribution in [1.82, 2.24) is 4.98 Å². The summed E-state index contributed by atoms with van der Waals surface area (Å²) in [6.07, 6.45) is 2.32. The van der Waals surface area contributed by atoms with Gasteiger partial charge in [-0.2, -0.15) is 0 Å². The predicted octanol–water partition coefficient (Wildman–Crippen LogP) is 5.87. The molecule has 0 aliphatic carbocycles. The molecule has 3 rings (SSSR count). The van der Waals surface area contributed by atoms with Crippen LogP contribution in [0.25, 0.3) is 11.3 Å². The highest BCUT2D eigenvalue weighted by Gasteiger charge is 2.17. The molecule has 1 heterocycles. The average Bonchev–Trinajstić information content (AvgIpc) is 3.15. The zero-order chi connectivity index (χ0) is 21.0. The lowest BCUT2D eigenvalue weighted by Crippen LogP contribution is -2.16. The van der Waals surface area contributed by atoms with E-state index in [-0.39, 0.29) is 17.7 Å². The number of carbonyl (C=O) groups is 1. The molecule has 0 aliphatic heterocycles. The summed E-state index contributed by atoms with van der Waals surface area (Å²) in [5.74, 6) is 1.67. The third-order valence-corrected chi connectivity index (χ3v) is 4.84. The molecule has 0 atom stereocenters. The molecule has 0 radical (unpaired) electrons. The second-order valence-electron chi connectivity index (χ2n) is 7.84. The van der Waals surface area contributed by atoms with Crippen molar-refractivity contribution in [3.05, 3.63) is 65.1 Å². The van der Waals surface area contributed by atoms with E-state index in [0.29, 0.717) is 34.5 Å². The van der Waals surface area contributed by atoms with Gasteiger partial charge in [-0.1, -0.05) is 38.4 Å². The highest BCUT2D eigenvalue weighted by Crippen LogP contribution is 2.31. The first-order chi connectivity index (χ1) is 13.8.